The molecule has 8 heteroatoms. The summed E-state index contributed by atoms with van der Waals surface area (Å²) in [6, 6.07) is 1.55. The van der Waals surface area contributed by atoms with Crippen LogP contribution in [-0.4, -0.2) is 31.2 Å². The number of nitrogens with one attached hydrogen (secondary N) is 2. The van der Waals surface area contributed by atoms with Crippen molar-refractivity contribution in [1.29, 1.82) is 0 Å². The highest BCUT2D eigenvalue weighted by molar-refractivity contribution is 5.88. The largest absolute Gasteiger partial charge is 0.364 e. The van der Waals surface area contributed by atoms with E-state index in [1.165, 1.54) is 44.6 Å². The summed E-state index contributed by atoms with van der Waals surface area (Å²) in [6.07, 6.45) is 11.8. The van der Waals surface area contributed by atoms with Crippen LogP contribution in [0.25, 0.3) is 22.6 Å². The van der Waals surface area contributed by atoms with Gasteiger partial charge in [0, 0.05) is 6.04 Å². The minimum atomic E-state index is -0.476. The molecule has 2 aliphatic rings. The van der Waals surface area contributed by atoms with Crippen LogP contribution in [0.4, 0.5) is 14.6 Å². The van der Waals surface area contributed by atoms with Crippen molar-refractivity contribution in [3.63, 3.8) is 0 Å². The molecule has 0 bridgehead atoms. The molecule has 1 atom stereocenters. The van der Waals surface area contributed by atoms with E-state index < -0.39 is 11.6 Å². The van der Waals surface area contributed by atoms with E-state index in [1.54, 1.807) is 0 Å². The second kappa shape index (κ2) is 6.76. The Morgan fingerprint density at radius 2 is 1.82 bits per heavy atom. The summed E-state index contributed by atoms with van der Waals surface area (Å²) in [6.45, 7) is 0. The molecule has 2 saturated carbocycles. The molecule has 2 aliphatic carbocycles. The van der Waals surface area contributed by atoms with Gasteiger partial charge in [-0.1, -0.05) is 25.7 Å². The van der Waals surface area contributed by atoms with Crippen molar-refractivity contribution in [2.24, 2.45) is 5.41 Å². The van der Waals surface area contributed by atoms with Crippen molar-refractivity contribution in [2.75, 3.05) is 5.32 Å². The molecule has 5 rings (SSSR count). The number of nitrogens with zero attached hydrogens (tertiary/aromatic N) is 4. The predicted octanol–water partition coefficient (Wildman–Crippen LogP) is 4.61. The van der Waals surface area contributed by atoms with Crippen molar-refractivity contribution in [1.82, 2.24) is 25.1 Å². The van der Waals surface area contributed by atoms with Gasteiger partial charge < -0.3 is 5.32 Å². The van der Waals surface area contributed by atoms with Gasteiger partial charge in [0.2, 0.25) is 0 Å². The van der Waals surface area contributed by atoms with Gasteiger partial charge in [-0.05, 0) is 37.2 Å². The second-order valence-electron chi connectivity index (χ2n) is 8.03. The molecule has 3 aromatic heterocycles. The summed E-state index contributed by atoms with van der Waals surface area (Å²) < 4.78 is 28.1. The minimum Gasteiger partial charge on any atom is -0.364 e. The maximum absolute atomic E-state index is 14.5. The van der Waals surface area contributed by atoms with Gasteiger partial charge in [0.15, 0.2) is 23.1 Å². The average Bonchev–Trinajstić information content (AvgIpc) is 3.33. The Kier molecular flexibility index (Phi) is 4.21. The molecule has 3 heterocycles. The lowest BCUT2D eigenvalue weighted by Gasteiger charge is -2.42. The first-order valence-electron chi connectivity index (χ1n) is 9.94. The fraction of sp³-hybridized carbons (Fsp3) is 0.500. The number of pyridine rings is 1. The molecule has 1 spiro atoms. The van der Waals surface area contributed by atoms with E-state index in [1.807, 2.05) is 0 Å². The molecule has 2 N–H and O–H groups in total. The highest BCUT2D eigenvalue weighted by atomic mass is 19.1. The van der Waals surface area contributed by atoms with Crippen LogP contribution in [0.5, 0.6) is 0 Å². The lowest BCUT2D eigenvalue weighted by Crippen LogP contribution is -2.41. The van der Waals surface area contributed by atoms with Crippen molar-refractivity contribution >= 4 is 16.9 Å². The zero-order valence-corrected chi connectivity index (χ0v) is 15.5. The van der Waals surface area contributed by atoms with Gasteiger partial charge in [0.05, 0.1) is 17.8 Å². The lowest BCUT2D eigenvalue weighted by atomic mass is 9.69. The molecule has 6 nitrogen and oxygen atoms in total. The summed E-state index contributed by atoms with van der Waals surface area (Å²) in [5.74, 6) is -0.470. The molecule has 3 aromatic rings. The zero-order chi connectivity index (χ0) is 19.1. The van der Waals surface area contributed by atoms with Gasteiger partial charge in [-0.25, -0.2) is 23.7 Å². The van der Waals surface area contributed by atoms with E-state index in [4.69, 9.17) is 0 Å². The van der Waals surface area contributed by atoms with Gasteiger partial charge in [-0.3, -0.25) is 5.10 Å². The van der Waals surface area contributed by atoms with Gasteiger partial charge in [0.1, 0.15) is 11.5 Å². The number of anilines is 1. The van der Waals surface area contributed by atoms with Crippen LogP contribution >= 0.6 is 0 Å². The van der Waals surface area contributed by atoms with E-state index in [2.05, 4.69) is 30.5 Å². The normalized spacial score (nSPS) is 21.4. The minimum absolute atomic E-state index is 0.204. The molecule has 0 radical (unpaired) electrons. The Bertz CT molecular complexity index is 1010. The Morgan fingerprint density at radius 3 is 2.64 bits per heavy atom. The van der Waals surface area contributed by atoms with Crippen molar-refractivity contribution in [3.8, 4) is 11.5 Å². The Morgan fingerprint density at radius 1 is 1.04 bits per heavy atom. The summed E-state index contributed by atoms with van der Waals surface area (Å²) in [5.41, 5.74) is 1.06. The average molecular weight is 384 g/mol. The van der Waals surface area contributed by atoms with Crippen LogP contribution < -0.4 is 5.32 Å². The fourth-order valence-corrected chi connectivity index (χ4v) is 5.01. The quantitative estimate of drug-likeness (QED) is 0.689. The van der Waals surface area contributed by atoms with Crippen molar-refractivity contribution in [3.05, 3.63) is 30.1 Å². The monoisotopic (exact) mass is 384 g/mol. The van der Waals surface area contributed by atoms with Crippen molar-refractivity contribution < 1.29 is 8.78 Å². The molecule has 0 amide bonds. The number of aromatic amines is 1. The van der Waals surface area contributed by atoms with Gasteiger partial charge in [-0.15, -0.1) is 0 Å². The van der Waals surface area contributed by atoms with Gasteiger partial charge in [-0.2, -0.15) is 5.10 Å². The smallest absolute Gasteiger partial charge is 0.183 e. The first-order chi connectivity index (χ1) is 13.6. The van der Waals surface area contributed by atoms with Crippen LogP contribution in [0, 0.1) is 17.0 Å². The third-order valence-electron chi connectivity index (χ3n) is 6.41. The van der Waals surface area contributed by atoms with E-state index in [-0.39, 0.29) is 23.1 Å². The Hall–Kier alpha value is -2.64. The molecular formula is C20H22F2N6. The lowest BCUT2D eigenvalue weighted by molar-refractivity contribution is 0.172. The number of H-pyrrole nitrogens is 1. The number of halogens is 2. The Balaban J connectivity index is 1.50. The van der Waals surface area contributed by atoms with Gasteiger partial charge >= 0.3 is 0 Å². The molecule has 2 fully saturated rings. The first-order valence-corrected chi connectivity index (χ1v) is 9.94. The summed E-state index contributed by atoms with van der Waals surface area (Å²) in [4.78, 5) is 12.5. The third kappa shape index (κ3) is 2.91. The van der Waals surface area contributed by atoms with E-state index >= 15 is 0 Å². The Labute approximate surface area is 161 Å². The molecule has 28 heavy (non-hydrogen) atoms. The number of rotatable bonds is 3. The summed E-state index contributed by atoms with van der Waals surface area (Å²) in [5, 5.41) is 10.7. The molecule has 146 valence electrons. The van der Waals surface area contributed by atoms with E-state index in [9.17, 15) is 8.78 Å². The van der Waals surface area contributed by atoms with Gasteiger partial charge in [0.25, 0.3) is 0 Å². The SMILES string of the molecule is Fc1cnc2n[nH]c(-c3ncc(F)c(NC4CCCCC45CCCC5)n3)c2c1. The first kappa shape index (κ1) is 17.5. The van der Waals surface area contributed by atoms with Crippen LogP contribution in [-0.2, 0) is 0 Å². The number of hydrogen-bond donors (Lipinski definition) is 2. The molecule has 0 aromatic carbocycles. The highest BCUT2D eigenvalue weighted by Crippen LogP contribution is 2.50. The predicted molar refractivity (Wildman–Crippen MR) is 102 cm³/mol. The third-order valence-corrected chi connectivity index (χ3v) is 6.41. The topological polar surface area (TPSA) is 79.4 Å². The van der Waals surface area contributed by atoms with Crippen LogP contribution in [0.15, 0.2) is 18.5 Å². The number of aromatic nitrogens is 5. The standard InChI is InChI=1S/C20H22F2N6/c21-12-9-13-16(27-28-17(13)23-10-12)19-24-11-14(22)18(26-19)25-15-5-1-2-6-20(15)7-3-4-8-20/h9-11,15H,1-8H2,(H,23,27,28)(H,24,25,26). The molecule has 0 saturated heterocycles. The van der Waals surface area contributed by atoms with E-state index in [0.29, 0.717) is 16.7 Å². The number of fused-ring (bicyclic) bond motifs is 1. The summed E-state index contributed by atoms with van der Waals surface area (Å²) in [7, 11) is 0. The maximum atomic E-state index is 14.5. The highest BCUT2D eigenvalue weighted by Gasteiger charge is 2.43. The summed E-state index contributed by atoms with van der Waals surface area (Å²) >= 11 is 0. The molecule has 1 unspecified atom stereocenters. The fourth-order valence-electron chi connectivity index (χ4n) is 5.01. The molecular weight excluding hydrogens is 362 g/mol. The van der Waals surface area contributed by atoms with Crippen molar-refractivity contribution in [2.45, 2.75) is 57.4 Å². The molecule has 0 aliphatic heterocycles. The second-order valence-corrected chi connectivity index (χ2v) is 8.03. The van der Waals surface area contributed by atoms with Crippen LogP contribution in [0.3, 0.4) is 0 Å². The zero-order valence-electron chi connectivity index (χ0n) is 15.5. The van der Waals surface area contributed by atoms with Crippen LogP contribution in [0.2, 0.25) is 0 Å². The maximum Gasteiger partial charge on any atom is 0.183 e. The van der Waals surface area contributed by atoms with Crippen LogP contribution in [0.1, 0.15) is 51.4 Å². The van der Waals surface area contributed by atoms with E-state index in [0.717, 1.165) is 25.2 Å². The number of hydrogen-bond acceptors (Lipinski definition) is 5.